The standard InChI is InChI=1S/C20H20N4O2/c1-3-13-12-21-10-9-14(13)20(26)24-18-11-16(19(25)22-4-2)15-7-5-6-8-17(15)23-18/h5-12H,3-4H2,1-2H3,(H,22,25)(H,23,24,26). The number of para-hydroxylation sites is 1. The summed E-state index contributed by atoms with van der Waals surface area (Å²) >= 11 is 0. The Morgan fingerprint density at radius 1 is 1.04 bits per heavy atom. The zero-order chi connectivity index (χ0) is 18.5. The molecule has 2 heterocycles. The Bertz CT molecular complexity index is 969. The zero-order valence-corrected chi connectivity index (χ0v) is 14.7. The molecule has 3 rings (SSSR count). The van der Waals surface area contributed by atoms with Crippen LogP contribution in [0.5, 0.6) is 0 Å². The molecule has 6 nitrogen and oxygen atoms in total. The number of nitrogens with one attached hydrogen (secondary N) is 2. The Labute approximate surface area is 151 Å². The van der Waals surface area contributed by atoms with Crippen molar-refractivity contribution < 1.29 is 9.59 Å². The molecule has 0 fully saturated rings. The smallest absolute Gasteiger partial charge is 0.257 e. The lowest BCUT2D eigenvalue weighted by Crippen LogP contribution is -2.23. The van der Waals surface area contributed by atoms with Gasteiger partial charge < -0.3 is 10.6 Å². The number of pyridine rings is 2. The third kappa shape index (κ3) is 3.54. The van der Waals surface area contributed by atoms with Crippen molar-refractivity contribution in [3.8, 4) is 0 Å². The van der Waals surface area contributed by atoms with Crippen molar-refractivity contribution in [1.29, 1.82) is 0 Å². The van der Waals surface area contributed by atoms with Gasteiger partial charge in [-0.25, -0.2) is 4.98 Å². The van der Waals surface area contributed by atoms with Crippen molar-refractivity contribution in [1.82, 2.24) is 15.3 Å². The molecule has 0 aliphatic carbocycles. The number of anilines is 1. The molecule has 0 spiro atoms. The SMILES string of the molecule is CCNC(=O)c1cc(NC(=O)c2ccncc2CC)nc2ccccc12. The number of rotatable bonds is 5. The van der Waals surface area contributed by atoms with Gasteiger partial charge in [0.15, 0.2) is 0 Å². The van der Waals surface area contributed by atoms with Gasteiger partial charge >= 0.3 is 0 Å². The van der Waals surface area contributed by atoms with Crippen molar-refractivity contribution in [2.24, 2.45) is 0 Å². The molecule has 0 aliphatic heterocycles. The molecule has 0 bridgehead atoms. The molecule has 0 saturated heterocycles. The predicted molar refractivity (Wildman–Crippen MR) is 101 cm³/mol. The van der Waals surface area contributed by atoms with E-state index in [1.54, 1.807) is 24.5 Å². The van der Waals surface area contributed by atoms with Crippen LogP contribution in [0.1, 0.15) is 40.1 Å². The second kappa shape index (κ2) is 7.74. The van der Waals surface area contributed by atoms with E-state index in [-0.39, 0.29) is 11.8 Å². The summed E-state index contributed by atoms with van der Waals surface area (Å²) in [5.74, 6) is -0.123. The van der Waals surface area contributed by atoms with Crippen molar-refractivity contribution in [3.05, 3.63) is 65.5 Å². The molecule has 3 aromatic rings. The number of amides is 2. The number of aryl methyl sites for hydroxylation is 1. The van der Waals surface area contributed by atoms with E-state index in [4.69, 9.17) is 0 Å². The summed E-state index contributed by atoms with van der Waals surface area (Å²) in [4.78, 5) is 33.6. The number of carbonyl (C=O) groups is 2. The minimum atomic E-state index is -0.270. The number of hydrogen-bond donors (Lipinski definition) is 2. The van der Waals surface area contributed by atoms with Crippen LogP contribution in [0.2, 0.25) is 0 Å². The number of hydrogen-bond acceptors (Lipinski definition) is 4. The highest BCUT2D eigenvalue weighted by Gasteiger charge is 2.15. The van der Waals surface area contributed by atoms with Crippen LogP contribution in [-0.2, 0) is 6.42 Å². The summed E-state index contributed by atoms with van der Waals surface area (Å²) in [6.07, 6.45) is 3.97. The lowest BCUT2D eigenvalue weighted by Gasteiger charge is -2.11. The second-order valence-electron chi connectivity index (χ2n) is 5.77. The molecule has 0 radical (unpaired) electrons. The number of aromatic nitrogens is 2. The molecule has 1 aromatic carbocycles. The molecule has 2 amide bonds. The van der Waals surface area contributed by atoms with Crippen LogP contribution < -0.4 is 10.6 Å². The molecule has 0 aliphatic rings. The first kappa shape index (κ1) is 17.5. The Hall–Kier alpha value is -3.28. The fraction of sp³-hybridized carbons (Fsp3) is 0.200. The molecular formula is C20H20N4O2. The van der Waals surface area contributed by atoms with Crippen molar-refractivity contribution in [2.45, 2.75) is 20.3 Å². The second-order valence-corrected chi connectivity index (χ2v) is 5.77. The van der Waals surface area contributed by atoms with E-state index in [1.165, 1.54) is 0 Å². The predicted octanol–water partition coefficient (Wildman–Crippen LogP) is 3.19. The monoisotopic (exact) mass is 348 g/mol. The van der Waals surface area contributed by atoms with Gasteiger partial charge in [-0.05, 0) is 37.1 Å². The summed E-state index contributed by atoms with van der Waals surface area (Å²) in [5, 5.41) is 6.35. The van der Waals surface area contributed by atoms with Crippen LogP contribution in [0.15, 0.2) is 48.8 Å². The van der Waals surface area contributed by atoms with Crippen LogP contribution in [-0.4, -0.2) is 28.3 Å². The van der Waals surface area contributed by atoms with Crippen molar-refractivity contribution in [2.75, 3.05) is 11.9 Å². The average Bonchev–Trinajstić information content (AvgIpc) is 2.67. The molecule has 0 unspecified atom stereocenters. The first-order chi connectivity index (χ1) is 12.6. The quantitative estimate of drug-likeness (QED) is 0.742. The van der Waals surface area contributed by atoms with Gasteiger partial charge in [0.1, 0.15) is 5.82 Å². The summed E-state index contributed by atoms with van der Waals surface area (Å²) in [6.45, 7) is 4.35. The minimum absolute atomic E-state index is 0.195. The van der Waals surface area contributed by atoms with E-state index in [2.05, 4.69) is 20.6 Å². The largest absolute Gasteiger partial charge is 0.352 e. The van der Waals surface area contributed by atoms with E-state index >= 15 is 0 Å². The van der Waals surface area contributed by atoms with Gasteiger partial charge in [0, 0.05) is 29.9 Å². The lowest BCUT2D eigenvalue weighted by molar-refractivity contribution is 0.0955. The molecule has 2 aromatic heterocycles. The molecule has 26 heavy (non-hydrogen) atoms. The highest BCUT2D eigenvalue weighted by Crippen LogP contribution is 2.21. The number of fused-ring (bicyclic) bond motifs is 1. The molecule has 6 heteroatoms. The van der Waals surface area contributed by atoms with Gasteiger partial charge in [-0.15, -0.1) is 0 Å². The van der Waals surface area contributed by atoms with Gasteiger partial charge in [0.2, 0.25) is 0 Å². The van der Waals surface area contributed by atoms with Gasteiger partial charge in [-0.3, -0.25) is 14.6 Å². The summed E-state index contributed by atoms with van der Waals surface area (Å²) in [5.41, 5.74) is 2.54. The molecule has 0 saturated carbocycles. The lowest BCUT2D eigenvalue weighted by atomic mass is 10.1. The van der Waals surface area contributed by atoms with Crippen LogP contribution in [0.25, 0.3) is 10.9 Å². The normalized spacial score (nSPS) is 10.5. The van der Waals surface area contributed by atoms with Gasteiger partial charge in [-0.2, -0.15) is 0 Å². The van der Waals surface area contributed by atoms with E-state index < -0.39 is 0 Å². The topological polar surface area (TPSA) is 84.0 Å². The van der Waals surface area contributed by atoms with E-state index in [1.807, 2.05) is 38.1 Å². The van der Waals surface area contributed by atoms with Crippen LogP contribution in [0.3, 0.4) is 0 Å². The maximum atomic E-state index is 12.7. The van der Waals surface area contributed by atoms with Crippen molar-refractivity contribution >= 4 is 28.5 Å². The zero-order valence-electron chi connectivity index (χ0n) is 14.7. The maximum absolute atomic E-state index is 12.7. The average molecular weight is 348 g/mol. The third-order valence-corrected chi connectivity index (χ3v) is 4.07. The first-order valence-corrected chi connectivity index (χ1v) is 8.56. The number of nitrogens with zero attached hydrogens (tertiary/aromatic N) is 2. The van der Waals surface area contributed by atoms with Gasteiger partial charge in [-0.1, -0.05) is 25.1 Å². The third-order valence-electron chi connectivity index (χ3n) is 4.07. The van der Waals surface area contributed by atoms with Crippen molar-refractivity contribution in [3.63, 3.8) is 0 Å². The minimum Gasteiger partial charge on any atom is -0.352 e. The highest BCUT2D eigenvalue weighted by molar-refractivity contribution is 6.09. The molecule has 2 N–H and O–H groups in total. The highest BCUT2D eigenvalue weighted by atomic mass is 16.2. The first-order valence-electron chi connectivity index (χ1n) is 8.56. The fourth-order valence-electron chi connectivity index (χ4n) is 2.80. The summed E-state index contributed by atoms with van der Waals surface area (Å²) < 4.78 is 0. The number of carbonyl (C=O) groups excluding carboxylic acids is 2. The Kier molecular flexibility index (Phi) is 5.22. The van der Waals surface area contributed by atoms with Crippen LogP contribution in [0, 0.1) is 0 Å². The van der Waals surface area contributed by atoms with Gasteiger partial charge in [0.05, 0.1) is 11.1 Å². The molecule has 132 valence electrons. The Balaban J connectivity index is 2.00. The van der Waals surface area contributed by atoms with E-state index in [0.717, 1.165) is 10.9 Å². The Morgan fingerprint density at radius 2 is 1.85 bits per heavy atom. The van der Waals surface area contributed by atoms with Gasteiger partial charge in [0.25, 0.3) is 11.8 Å². The molecular weight excluding hydrogens is 328 g/mol. The number of benzene rings is 1. The molecule has 0 atom stereocenters. The van der Waals surface area contributed by atoms with Crippen LogP contribution in [0.4, 0.5) is 5.82 Å². The van der Waals surface area contributed by atoms with E-state index in [0.29, 0.717) is 35.4 Å². The van der Waals surface area contributed by atoms with Crippen LogP contribution >= 0.6 is 0 Å². The summed E-state index contributed by atoms with van der Waals surface area (Å²) in [7, 11) is 0. The Morgan fingerprint density at radius 3 is 2.62 bits per heavy atom. The van der Waals surface area contributed by atoms with E-state index in [9.17, 15) is 9.59 Å². The fourth-order valence-corrected chi connectivity index (χ4v) is 2.80. The summed E-state index contributed by atoms with van der Waals surface area (Å²) in [6, 6.07) is 10.7. The maximum Gasteiger partial charge on any atom is 0.257 e.